The van der Waals surface area contributed by atoms with E-state index < -0.39 is 0 Å². The van der Waals surface area contributed by atoms with Gasteiger partial charge in [0.25, 0.3) is 0 Å². The predicted octanol–water partition coefficient (Wildman–Crippen LogP) is 3.94. The van der Waals surface area contributed by atoms with Crippen LogP contribution in [-0.2, 0) is 13.1 Å². The van der Waals surface area contributed by atoms with Crippen LogP contribution in [0, 0.1) is 5.41 Å². The number of piperidine rings is 1. The molecule has 0 radical (unpaired) electrons. The highest BCUT2D eigenvalue weighted by atomic mass is 16.3. The molecule has 1 N–H and O–H groups in total. The molecule has 0 unspecified atom stereocenters. The van der Waals surface area contributed by atoms with Crippen molar-refractivity contribution in [3.63, 3.8) is 0 Å². The van der Waals surface area contributed by atoms with E-state index in [1.807, 2.05) is 6.26 Å². The summed E-state index contributed by atoms with van der Waals surface area (Å²) in [5.41, 5.74) is 2.05. The van der Waals surface area contributed by atoms with Crippen LogP contribution in [0.5, 0.6) is 0 Å². The van der Waals surface area contributed by atoms with Crippen LogP contribution in [0.15, 0.2) is 16.7 Å². The molecule has 0 atom stereocenters. The van der Waals surface area contributed by atoms with E-state index >= 15 is 0 Å². The standard InChI is InChI=1S/C18H30N2O/c1-2-10-19-14-16-5-13-21-17(16)15-20-11-8-18(9-12-20)6-3-4-7-18/h5,13,19H,2-4,6-12,14-15H2,1H3. The topological polar surface area (TPSA) is 28.4 Å². The molecule has 3 rings (SSSR count). The summed E-state index contributed by atoms with van der Waals surface area (Å²) in [6.07, 6.45) is 11.7. The molecule has 1 aliphatic carbocycles. The summed E-state index contributed by atoms with van der Waals surface area (Å²) in [5.74, 6) is 1.17. The second kappa shape index (κ2) is 6.97. The van der Waals surface area contributed by atoms with Crippen molar-refractivity contribution in [2.24, 2.45) is 5.41 Å². The third-order valence-corrected chi connectivity index (χ3v) is 5.53. The van der Waals surface area contributed by atoms with Gasteiger partial charge in [-0.25, -0.2) is 0 Å². The molecule has 0 aromatic carbocycles. The molecule has 1 aromatic heterocycles. The molecule has 21 heavy (non-hydrogen) atoms. The zero-order valence-corrected chi connectivity index (χ0v) is 13.5. The minimum atomic E-state index is 0.713. The SMILES string of the molecule is CCCNCc1ccoc1CN1CCC2(CCCC2)CC1. The van der Waals surface area contributed by atoms with Crippen molar-refractivity contribution in [2.45, 2.75) is 65.0 Å². The van der Waals surface area contributed by atoms with E-state index in [0.717, 1.165) is 19.6 Å². The molecule has 3 nitrogen and oxygen atoms in total. The molecule has 3 heteroatoms. The van der Waals surface area contributed by atoms with Crippen molar-refractivity contribution < 1.29 is 4.42 Å². The van der Waals surface area contributed by atoms with Crippen molar-refractivity contribution in [3.05, 3.63) is 23.7 Å². The monoisotopic (exact) mass is 290 g/mol. The Bertz CT molecular complexity index is 424. The molecule has 2 fully saturated rings. The summed E-state index contributed by atoms with van der Waals surface area (Å²) in [7, 11) is 0. The number of furan rings is 1. The minimum Gasteiger partial charge on any atom is -0.468 e. The Morgan fingerprint density at radius 2 is 1.95 bits per heavy atom. The van der Waals surface area contributed by atoms with E-state index in [4.69, 9.17) is 4.42 Å². The largest absolute Gasteiger partial charge is 0.468 e. The van der Waals surface area contributed by atoms with Gasteiger partial charge in [-0.05, 0) is 63.2 Å². The van der Waals surface area contributed by atoms with Gasteiger partial charge in [-0.1, -0.05) is 19.8 Å². The minimum absolute atomic E-state index is 0.713. The van der Waals surface area contributed by atoms with E-state index in [9.17, 15) is 0 Å². The van der Waals surface area contributed by atoms with Crippen LogP contribution in [0.2, 0.25) is 0 Å². The van der Waals surface area contributed by atoms with Gasteiger partial charge in [0.15, 0.2) is 0 Å². The van der Waals surface area contributed by atoms with E-state index in [1.165, 1.54) is 69.4 Å². The van der Waals surface area contributed by atoms with Crippen molar-refractivity contribution >= 4 is 0 Å². The number of hydrogen-bond acceptors (Lipinski definition) is 3. The number of hydrogen-bond donors (Lipinski definition) is 1. The van der Waals surface area contributed by atoms with Gasteiger partial charge < -0.3 is 9.73 Å². The van der Waals surface area contributed by atoms with Crippen molar-refractivity contribution in [3.8, 4) is 0 Å². The van der Waals surface area contributed by atoms with E-state index in [0.29, 0.717) is 5.41 Å². The zero-order chi connectivity index (χ0) is 14.5. The number of likely N-dealkylation sites (tertiary alicyclic amines) is 1. The maximum atomic E-state index is 5.73. The maximum Gasteiger partial charge on any atom is 0.122 e. The summed E-state index contributed by atoms with van der Waals surface area (Å²) in [4.78, 5) is 2.59. The highest BCUT2D eigenvalue weighted by Gasteiger charge is 2.36. The molecule has 1 aromatic rings. The van der Waals surface area contributed by atoms with Crippen LogP contribution in [0.4, 0.5) is 0 Å². The Hall–Kier alpha value is -0.800. The van der Waals surface area contributed by atoms with Crippen LogP contribution < -0.4 is 5.32 Å². The Balaban J connectivity index is 1.50. The summed E-state index contributed by atoms with van der Waals surface area (Å²) in [6, 6.07) is 2.13. The fourth-order valence-electron chi connectivity index (χ4n) is 4.08. The highest BCUT2D eigenvalue weighted by Crippen LogP contribution is 2.46. The van der Waals surface area contributed by atoms with Gasteiger partial charge in [0, 0.05) is 12.1 Å². The van der Waals surface area contributed by atoms with Gasteiger partial charge >= 0.3 is 0 Å². The molecular formula is C18H30N2O. The normalized spacial score (nSPS) is 22.1. The van der Waals surface area contributed by atoms with Crippen LogP contribution in [0.1, 0.15) is 63.2 Å². The predicted molar refractivity (Wildman–Crippen MR) is 86.1 cm³/mol. The first-order valence-electron chi connectivity index (χ1n) is 8.80. The van der Waals surface area contributed by atoms with Gasteiger partial charge in [-0.3, -0.25) is 4.90 Å². The average molecular weight is 290 g/mol. The fraction of sp³-hybridized carbons (Fsp3) is 0.778. The lowest BCUT2D eigenvalue weighted by atomic mass is 9.77. The summed E-state index contributed by atoms with van der Waals surface area (Å²) < 4.78 is 5.73. The Kier molecular flexibility index (Phi) is 5.02. The van der Waals surface area contributed by atoms with Gasteiger partial charge in [0.05, 0.1) is 12.8 Å². The van der Waals surface area contributed by atoms with Crippen LogP contribution >= 0.6 is 0 Å². The first-order valence-corrected chi connectivity index (χ1v) is 8.80. The Morgan fingerprint density at radius 1 is 1.19 bits per heavy atom. The zero-order valence-electron chi connectivity index (χ0n) is 13.5. The van der Waals surface area contributed by atoms with Gasteiger partial charge in [0.1, 0.15) is 5.76 Å². The van der Waals surface area contributed by atoms with Crippen molar-refractivity contribution in [2.75, 3.05) is 19.6 Å². The van der Waals surface area contributed by atoms with E-state index in [2.05, 4.69) is 23.2 Å². The molecule has 118 valence electrons. The lowest BCUT2D eigenvalue weighted by molar-refractivity contribution is 0.0979. The van der Waals surface area contributed by atoms with Gasteiger partial charge in [-0.2, -0.15) is 0 Å². The fourth-order valence-corrected chi connectivity index (χ4v) is 4.08. The van der Waals surface area contributed by atoms with Gasteiger partial charge in [0.2, 0.25) is 0 Å². The molecule has 1 spiro atoms. The third-order valence-electron chi connectivity index (χ3n) is 5.53. The maximum absolute atomic E-state index is 5.73. The Morgan fingerprint density at radius 3 is 2.67 bits per heavy atom. The molecule has 2 aliphatic rings. The molecule has 2 heterocycles. The molecule has 1 saturated heterocycles. The van der Waals surface area contributed by atoms with E-state index in [1.54, 1.807) is 0 Å². The summed E-state index contributed by atoms with van der Waals surface area (Å²) >= 11 is 0. The Labute approximate surface area is 129 Å². The lowest BCUT2D eigenvalue weighted by Crippen LogP contribution is -2.38. The van der Waals surface area contributed by atoms with Crippen molar-refractivity contribution in [1.82, 2.24) is 10.2 Å². The molecule has 1 aliphatic heterocycles. The summed E-state index contributed by atoms with van der Waals surface area (Å²) in [5, 5.41) is 3.48. The average Bonchev–Trinajstić information content (AvgIpc) is 3.13. The second-order valence-corrected chi connectivity index (χ2v) is 7.03. The number of rotatable bonds is 6. The van der Waals surface area contributed by atoms with E-state index in [-0.39, 0.29) is 0 Å². The first kappa shape index (κ1) is 15.1. The van der Waals surface area contributed by atoms with Crippen LogP contribution in [0.3, 0.4) is 0 Å². The third kappa shape index (κ3) is 3.70. The molecule has 1 saturated carbocycles. The van der Waals surface area contributed by atoms with Crippen LogP contribution in [-0.4, -0.2) is 24.5 Å². The highest BCUT2D eigenvalue weighted by molar-refractivity contribution is 5.17. The number of nitrogens with one attached hydrogen (secondary N) is 1. The number of nitrogens with zero attached hydrogens (tertiary/aromatic N) is 1. The lowest BCUT2D eigenvalue weighted by Gasteiger charge is -2.39. The molecule has 0 amide bonds. The van der Waals surface area contributed by atoms with Crippen LogP contribution in [0.25, 0.3) is 0 Å². The first-order chi connectivity index (χ1) is 10.3. The summed E-state index contributed by atoms with van der Waals surface area (Å²) in [6.45, 7) is 7.72. The van der Waals surface area contributed by atoms with Crippen molar-refractivity contribution in [1.29, 1.82) is 0 Å². The quantitative estimate of drug-likeness (QED) is 0.805. The molecular weight excluding hydrogens is 260 g/mol. The smallest absolute Gasteiger partial charge is 0.122 e. The second-order valence-electron chi connectivity index (χ2n) is 7.03. The molecule has 0 bridgehead atoms. The van der Waals surface area contributed by atoms with Gasteiger partial charge in [-0.15, -0.1) is 0 Å².